The van der Waals surface area contributed by atoms with Crippen LogP contribution in [0.15, 0.2) is 24.2 Å². The van der Waals surface area contributed by atoms with Gasteiger partial charge in [-0.2, -0.15) is 0 Å². The summed E-state index contributed by atoms with van der Waals surface area (Å²) < 4.78 is 0. The number of aryl methyl sites for hydroxylation is 1. The van der Waals surface area contributed by atoms with E-state index in [0.29, 0.717) is 23.3 Å². The number of aromatic nitrogens is 4. The second-order valence-corrected chi connectivity index (χ2v) is 5.90. The molecular weight excluding hydrogens is 300 g/mol. The fourth-order valence-corrected chi connectivity index (χ4v) is 2.98. The van der Waals surface area contributed by atoms with Crippen LogP contribution in [0, 0.1) is 6.92 Å². The molecule has 114 valence electrons. The first-order chi connectivity index (χ1) is 10.7. The van der Waals surface area contributed by atoms with Crippen LogP contribution in [0.3, 0.4) is 0 Å². The van der Waals surface area contributed by atoms with Crippen LogP contribution in [-0.4, -0.2) is 44.1 Å². The van der Waals surface area contributed by atoms with E-state index in [4.69, 9.17) is 0 Å². The fraction of sp³-hybridized carbons (Fsp3) is 0.357. The van der Waals surface area contributed by atoms with Crippen LogP contribution in [0.25, 0.3) is 0 Å². The normalized spacial score (nSPS) is 17.5. The fourth-order valence-electron chi connectivity index (χ4n) is 2.53. The predicted molar refractivity (Wildman–Crippen MR) is 84.1 cm³/mol. The van der Waals surface area contributed by atoms with Crippen LogP contribution in [0.4, 0.5) is 10.9 Å². The number of hydrogen-bond acceptors (Lipinski definition) is 7. The van der Waals surface area contributed by atoms with E-state index in [9.17, 15) is 4.79 Å². The van der Waals surface area contributed by atoms with E-state index in [1.807, 2.05) is 13.0 Å². The standard InChI is InChI=1S/C14H16N6OS/c1-3-13(21)20-5-4-10(7-20)11-6-12(17-9(2)16-11)18-14-19-15-8-22-14/h3,6,8,10H,1,4-5,7H2,2H3,(H,16,17,18,19)/t10-/m1/s1. The van der Waals surface area contributed by atoms with Crippen LogP contribution in [0.2, 0.25) is 0 Å². The summed E-state index contributed by atoms with van der Waals surface area (Å²) in [6.07, 6.45) is 2.25. The summed E-state index contributed by atoms with van der Waals surface area (Å²) in [5, 5.41) is 11.6. The predicted octanol–water partition coefficient (Wildman–Crippen LogP) is 1.88. The SMILES string of the molecule is C=CC(=O)N1CC[C@@H](c2cc(Nc3nncs3)nc(C)n2)C1. The van der Waals surface area contributed by atoms with Crippen molar-refractivity contribution in [2.24, 2.45) is 0 Å². The number of rotatable bonds is 4. The van der Waals surface area contributed by atoms with E-state index in [1.165, 1.54) is 17.4 Å². The van der Waals surface area contributed by atoms with Crippen molar-refractivity contribution in [3.05, 3.63) is 35.8 Å². The lowest BCUT2D eigenvalue weighted by Gasteiger charge is -2.14. The first kappa shape index (κ1) is 14.6. The molecule has 0 aromatic carbocycles. The van der Waals surface area contributed by atoms with Gasteiger partial charge in [-0.1, -0.05) is 17.9 Å². The summed E-state index contributed by atoms with van der Waals surface area (Å²) in [4.78, 5) is 22.4. The third-order valence-corrected chi connectivity index (χ3v) is 4.15. The van der Waals surface area contributed by atoms with E-state index < -0.39 is 0 Å². The van der Waals surface area contributed by atoms with Crippen molar-refractivity contribution < 1.29 is 4.79 Å². The molecule has 0 saturated carbocycles. The Bertz CT molecular complexity index is 687. The quantitative estimate of drug-likeness (QED) is 0.867. The van der Waals surface area contributed by atoms with Crippen LogP contribution < -0.4 is 5.32 Å². The van der Waals surface area contributed by atoms with Crippen LogP contribution in [0.1, 0.15) is 23.9 Å². The molecule has 1 atom stereocenters. The van der Waals surface area contributed by atoms with Crippen molar-refractivity contribution in [3.63, 3.8) is 0 Å². The van der Waals surface area contributed by atoms with Gasteiger partial charge in [0.15, 0.2) is 0 Å². The molecule has 1 N–H and O–H groups in total. The summed E-state index contributed by atoms with van der Waals surface area (Å²) >= 11 is 1.41. The maximum atomic E-state index is 11.7. The molecule has 0 bridgehead atoms. The Morgan fingerprint density at radius 2 is 2.41 bits per heavy atom. The Morgan fingerprint density at radius 3 is 3.14 bits per heavy atom. The number of likely N-dealkylation sites (tertiary alicyclic amines) is 1. The molecule has 3 heterocycles. The van der Waals surface area contributed by atoms with Crippen molar-refractivity contribution in [3.8, 4) is 0 Å². The van der Waals surface area contributed by atoms with E-state index in [0.717, 1.165) is 18.7 Å². The van der Waals surface area contributed by atoms with Crippen molar-refractivity contribution >= 4 is 28.2 Å². The monoisotopic (exact) mass is 316 g/mol. The minimum atomic E-state index is -0.0273. The molecule has 22 heavy (non-hydrogen) atoms. The Morgan fingerprint density at radius 1 is 1.55 bits per heavy atom. The molecule has 8 heteroatoms. The number of carbonyl (C=O) groups is 1. The Hall–Kier alpha value is -2.35. The summed E-state index contributed by atoms with van der Waals surface area (Å²) in [5.74, 6) is 1.59. The van der Waals surface area contributed by atoms with Gasteiger partial charge in [-0.3, -0.25) is 4.79 Å². The molecule has 2 aromatic heterocycles. The average Bonchev–Trinajstić information content (AvgIpc) is 3.17. The number of nitrogens with one attached hydrogen (secondary N) is 1. The third-order valence-electron chi connectivity index (χ3n) is 3.55. The average molecular weight is 316 g/mol. The van der Waals surface area contributed by atoms with Gasteiger partial charge in [0.2, 0.25) is 11.0 Å². The third kappa shape index (κ3) is 3.11. The molecule has 1 aliphatic rings. The van der Waals surface area contributed by atoms with Crippen molar-refractivity contribution in [2.75, 3.05) is 18.4 Å². The van der Waals surface area contributed by atoms with Crippen LogP contribution in [0.5, 0.6) is 0 Å². The van der Waals surface area contributed by atoms with Gasteiger partial charge >= 0.3 is 0 Å². The highest BCUT2D eigenvalue weighted by Crippen LogP contribution is 2.28. The van der Waals surface area contributed by atoms with Crippen LogP contribution in [-0.2, 0) is 4.79 Å². The molecule has 0 unspecified atom stereocenters. The topological polar surface area (TPSA) is 83.9 Å². The minimum Gasteiger partial charge on any atom is -0.338 e. The zero-order valence-electron chi connectivity index (χ0n) is 12.2. The van der Waals surface area contributed by atoms with Crippen molar-refractivity contribution in [1.29, 1.82) is 0 Å². The zero-order valence-corrected chi connectivity index (χ0v) is 13.0. The van der Waals surface area contributed by atoms with Gasteiger partial charge in [0.1, 0.15) is 17.2 Å². The smallest absolute Gasteiger partial charge is 0.245 e. The Kier molecular flexibility index (Phi) is 4.10. The molecule has 2 aromatic rings. The first-order valence-corrected chi connectivity index (χ1v) is 7.84. The first-order valence-electron chi connectivity index (χ1n) is 6.96. The Labute approximate surface area is 132 Å². The second-order valence-electron chi connectivity index (χ2n) is 5.07. The van der Waals surface area contributed by atoms with Crippen molar-refractivity contribution in [2.45, 2.75) is 19.3 Å². The number of carbonyl (C=O) groups excluding carboxylic acids is 1. The molecule has 1 saturated heterocycles. The zero-order chi connectivity index (χ0) is 15.5. The van der Waals surface area contributed by atoms with Gasteiger partial charge in [0, 0.05) is 25.1 Å². The lowest BCUT2D eigenvalue weighted by Crippen LogP contribution is -2.26. The van der Waals surface area contributed by atoms with Gasteiger partial charge in [0.05, 0.1) is 5.69 Å². The van der Waals surface area contributed by atoms with E-state index >= 15 is 0 Å². The molecule has 1 amide bonds. The summed E-state index contributed by atoms with van der Waals surface area (Å²) in [7, 11) is 0. The summed E-state index contributed by atoms with van der Waals surface area (Å²) in [6, 6.07) is 1.92. The highest BCUT2D eigenvalue weighted by atomic mass is 32.1. The summed E-state index contributed by atoms with van der Waals surface area (Å²) in [6.45, 7) is 6.79. The molecule has 0 radical (unpaired) electrons. The van der Waals surface area contributed by atoms with Crippen LogP contribution >= 0.6 is 11.3 Å². The number of anilines is 2. The highest BCUT2D eigenvalue weighted by molar-refractivity contribution is 7.13. The van der Waals surface area contributed by atoms with E-state index in [2.05, 4.69) is 32.1 Å². The van der Waals surface area contributed by atoms with E-state index in [1.54, 1.807) is 10.4 Å². The molecule has 7 nitrogen and oxygen atoms in total. The molecule has 1 fully saturated rings. The molecule has 3 rings (SSSR count). The largest absolute Gasteiger partial charge is 0.338 e. The lowest BCUT2D eigenvalue weighted by atomic mass is 10.0. The molecule has 0 aliphatic carbocycles. The maximum Gasteiger partial charge on any atom is 0.245 e. The minimum absolute atomic E-state index is 0.0273. The van der Waals surface area contributed by atoms with Gasteiger partial charge in [-0.25, -0.2) is 9.97 Å². The molecular formula is C14H16N6OS. The van der Waals surface area contributed by atoms with Gasteiger partial charge in [0.25, 0.3) is 0 Å². The van der Waals surface area contributed by atoms with Gasteiger partial charge in [-0.05, 0) is 19.4 Å². The number of amides is 1. The maximum absolute atomic E-state index is 11.7. The van der Waals surface area contributed by atoms with Crippen molar-refractivity contribution in [1.82, 2.24) is 25.1 Å². The highest BCUT2D eigenvalue weighted by Gasteiger charge is 2.27. The van der Waals surface area contributed by atoms with Gasteiger partial charge in [-0.15, -0.1) is 10.2 Å². The number of nitrogens with zero attached hydrogens (tertiary/aromatic N) is 5. The number of hydrogen-bond donors (Lipinski definition) is 1. The second kappa shape index (κ2) is 6.18. The Balaban J connectivity index is 1.78. The molecule has 0 spiro atoms. The van der Waals surface area contributed by atoms with E-state index in [-0.39, 0.29) is 11.8 Å². The van der Waals surface area contributed by atoms with Gasteiger partial charge < -0.3 is 10.2 Å². The lowest BCUT2D eigenvalue weighted by molar-refractivity contribution is -0.125. The molecule has 1 aliphatic heterocycles. The summed E-state index contributed by atoms with van der Waals surface area (Å²) in [5.41, 5.74) is 2.60.